The van der Waals surface area contributed by atoms with Crippen molar-refractivity contribution in [2.24, 2.45) is 11.1 Å². The van der Waals surface area contributed by atoms with E-state index in [1.165, 1.54) is 11.1 Å². The average Bonchev–Trinajstić information content (AvgIpc) is 2.56. The third kappa shape index (κ3) is 5.65. The first-order chi connectivity index (χ1) is 10.9. The van der Waals surface area contributed by atoms with Gasteiger partial charge in [0.05, 0.1) is 6.04 Å². The monoisotopic (exact) mass is 313 g/mol. The Labute approximate surface area is 142 Å². The molecule has 2 rings (SSSR count). The molecule has 126 valence electrons. The normalized spacial score (nSPS) is 12.1. The largest absolute Gasteiger partial charge is 0.321 e. The van der Waals surface area contributed by atoms with Crippen LogP contribution < -0.4 is 5.73 Å². The highest BCUT2D eigenvalue weighted by Crippen LogP contribution is 2.21. The number of benzene rings is 2. The number of carbonyl (C=O) groups excluding carboxylic acids is 1. The molecule has 0 aliphatic heterocycles. The highest BCUT2D eigenvalue weighted by molar-refractivity contribution is 5.88. The maximum Gasteiger partial charge on any atom is 0.155 e. The van der Waals surface area contributed by atoms with Crippen molar-refractivity contribution in [3.63, 3.8) is 0 Å². The van der Waals surface area contributed by atoms with Gasteiger partial charge in [0.15, 0.2) is 5.78 Å². The molecule has 0 saturated carbocycles. The van der Waals surface area contributed by atoms with Gasteiger partial charge in [-0.25, -0.2) is 0 Å². The van der Waals surface area contributed by atoms with Crippen LogP contribution in [0.4, 0.5) is 0 Å². The fourth-order valence-electron chi connectivity index (χ4n) is 2.37. The summed E-state index contributed by atoms with van der Waals surface area (Å²) in [7, 11) is 0. The summed E-state index contributed by atoms with van der Waals surface area (Å²) in [5.74, 6) is 0.106. The molecule has 2 heteroatoms. The molecule has 2 N–H and O–H groups in total. The van der Waals surface area contributed by atoms with Gasteiger partial charge in [-0.2, -0.15) is 0 Å². The van der Waals surface area contributed by atoms with Crippen LogP contribution in [-0.4, -0.2) is 11.8 Å². The number of hydrogen-bond donors (Lipinski definition) is 1. The average molecular weight is 313 g/mol. The molecule has 0 aliphatic rings. The summed E-state index contributed by atoms with van der Waals surface area (Å²) in [6.45, 7) is 9.73. The van der Waals surface area contributed by atoms with E-state index in [-0.39, 0.29) is 12.6 Å². The Kier molecular flexibility index (Phi) is 7.18. The molecule has 2 nitrogen and oxygen atoms in total. The van der Waals surface area contributed by atoms with E-state index < -0.39 is 6.04 Å². The number of hydrogen-bond acceptors (Lipinski definition) is 2. The molecule has 1 atom stereocenters. The lowest BCUT2D eigenvalue weighted by Crippen LogP contribution is -2.40. The zero-order valence-corrected chi connectivity index (χ0v) is 15.0. The Morgan fingerprint density at radius 1 is 0.957 bits per heavy atom. The molecule has 0 bridgehead atoms. The summed E-state index contributed by atoms with van der Waals surface area (Å²) in [6, 6.07) is 18.1. The molecular formula is C21H31NO. The van der Waals surface area contributed by atoms with Gasteiger partial charge in [-0.3, -0.25) is 4.79 Å². The van der Waals surface area contributed by atoms with Crippen molar-refractivity contribution >= 4 is 5.78 Å². The number of ketones is 1. The van der Waals surface area contributed by atoms with Gasteiger partial charge < -0.3 is 5.73 Å². The van der Waals surface area contributed by atoms with Gasteiger partial charge in [-0.15, -0.1) is 0 Å². The van der Waals surface area contributed by atoms with E-state index in [2.05, 4.69) is 36.4 Å². The maximum absolute atomic E-state index is 12.1. The van der Waals surface area contributed by atoms with Crippen molar-refractivity contribution in [1.29, 1.82) is 0 Å². The van der Waals surface area contributed by atoms with Crippen molar-refractivity contribution in [2.45, 2.75) is 47.1 Å². The lowest BCUT2D eigenvalue weighted by atomic mass is 9.84. The second-order valence-corrected chi connectivity index (χ2v) is 6.49. The number of Topliss-reactive ketones (excluding diaryl/α,β-unsaturated/α-hetero) is 1. The predicted molar refractivity (Wildman–Crippen MR) is 101 cm³/mol. The van der Waals surface area contributed by atoms with Gasteiger partial charge in [0.2, 0.25) is 0 Å². The number of rotatable bonds is 4. The second kappa shape index (κ2) is 8.64. The first-order valence-electron chi connectivity index (χ1n) is 8.32. The first-order valence-corrected chi connectivity index (χ1v) is 8.32. The van der Waals surface area contributed by atoms with Crippen LogP contribution in [0.15, 0.2) is 54.6 Å². The van der Waals surface area contributed by atoms with Crippen LogP contribution in [0.3, 0.4) is 0 Å². The van der Waals surface area contributed by atoms with Gasteiger partial charge in [0.25, 0.3) is 0 Å². The van der Waals surface area contributed by atoms with Gasteiger partial charge in [-0.1, -0.05) is 89.2 Å². The van der Waals surface area contributed by atoms with E-state index >= 15 is 0 Å². The minimum absolute atomic E-state index is 0. The van der Waals surface area contributed by atoms with Gasteiger partial charge in [-0.05, 0) is 23.1 Å². The second-order valence-electron chi connectivity index (χ2n) is 6.49. The van der Waals surface area contributed by atoms with Crippen LogP contribution in [0.25, 0.3) is 11.1 Å². The van der Waals surface area contributed by atoms with E-state index in [0.717, 1.165) is 5.56 Å². The van der Waals surface area contributed by atoms with Crippen LogP contribution in [0, 0.1) is 5.41 Å². The Morgan fingerprint density at radius 2 is 1.43 bits per heavy atom. The van der Waals surface area contributed by atoms with Crippen LogP contribution in [0.5, 0.6) is 0 Å². The summed E-state index contributed by atoms with van der Waals surface area (Å²) in [5, 5.41) is 0. The molecule has 0 fully saturated rings. The van der Waals surface area contributed by atoms with Gasteiger partial charge >= 0.3 is 0 Å². The van der Waals surface area contributed by atoms with Crippen molar-refractivity contribution in [1.82, 2.24) is 0 Å². The SMILES string of the molecule is CC.CC(C)(C)C(=O)[C@@H](N)Cc1ccc(-c2ccccc2)cc1.[HH]. The minimum Gasteiger partial charge on any atom is -0.321 e. The highest BCUT2D eigenvalue weighted by Gasteiger charge is 2.26. The highest BCUT2D eigenvalue weighted by atomic mass is 16.1. The molecule has 23 heavy (non-hydrogen) atoms. The molecule has 0 saturated heterocycles. The first kappa shape index (κ1) is 19.1. The Hall–Kier alpha value is -1.93. The summed E-state index contributed by atoms with van der Waals surface area (Å²) in [4.78, 5) is 12.1. The summed E-state index contributed by atoms with van der Waals surface area (Å²) >= 11 is 0. The number of carbonyl (C=O) groups is 1. The minimum atomic E-state index is -0.437. The van der Waals surface area contributed by atoms with Gasteiger partial charge in [0.1, 0.15) is 0 Å². The molecule has 0 amide bonds. The summed E-state index contributed by atoms with van der Waals surface area (Å²) in [6.07, 6.45) is 0.588. The van der Waals surface area contributed by atoms with Crippen LogP contribution in [0.2, 0.25) is 0 Å². The number of nitrogens with two attached hydrogens (primary N) is 1. The van der Waals surface area contributed by atoms with Crippen molar-refractivity contribution in [2.75, 3.05) is 0 Å². The lowest BCUT2D eigenvalue weighted by Gasteiger charge is -2.21. The molecule has 0 spiro atoms. The topological polar surface area (TPSA) is 43.1 Å². The standard InChI is InChI=1S/C19H23NO.C2H6.H2/c1-19(2,3)18(21)17(20)13-14-9-11-16(12-10-14)15-7-5-4-6-8-15;1-2;/h4-12,17H,13,20H2,1-3H3;1-2H3;1H/t17-;;/m0../s1. The van der Waals surface area contributed by atoms with Gasteiger partial charge in [0, 0.05) is 6.84 Å². The lowest BCUT2D eigenvalue weighted by molar-refractivity contribution is -0.127. The quantitative estimate of drug-likeness (QED) is 0.852. The van der Waals surface area contributed by atoms with Crippen molar-refractivity contribution < 1.29 is 6.22 Å². The van der Waals surface area contributed by atoms with E-state index in [1.807, 2.05) is 52.8 Å². The Bertz CT molecular complexity index is 600. The molecule has 0 heterocycles. The molecule has 2 aromatic carbocycles. The van der Waals surface area contributed by atoms with E-state index in [0.29, 0.717) is 6.42 Å². The molecule has 0 radical (unpaired) electrons. The third-order valence-electron chi connectivity index (χ3n) is 3.59. The van der Waals surface area contributed by atoms with Crippen LogP contribution >= 0.6 is 0 Å². The molecular weight excluding hydrogens is 282 g/mol. The Morgan fingerprint density at radius 3 is 1.91 bits per heavy atom. The zero-order valence-electron chi connectivity index (χ0n) is 15.0. The van der Waals surface area contributed by atoms with E-state index in [1.54, 1.807) is 0 Å². The predicted octanol–water partition coefficient (Wildman–Crippen LogP) is 5.11. The zero-order chi connectivity index (χ0) is 17.5. The molecule has 2 aromatic rings. The van der Waals surface area contributed by atoms with Crippen molar-refractivity contribution in [3.05, 3.63) is 60.2 Å². The fraction of sp³-hybridized carbons (Fsp3) is 0.381. The van der Waals surface area contributed by atoms with Crippen LogP contribution in [-0.2, 0) is 11.2 Å². The maximum atomic E-state index is 12.1. The summed E-state index contributed by atoms with van der Waals surface area (Å²) in [5.41, 5.74) is 9.12. The van der Waals surface area contributed by atoms with E-state index in [4.69, 9.17) is 5.73 Å². The van der Waals surface area contributed by atoms with E-state index in [9.17, 15) is 4.79 Å². The fourth-order valence-corrected chi connectivity index (χ4v) is 2.37. The summed E-state index contributed by atoms with van der Waals surface area (Å²) < 4.78 is 0. The molecule has 0 unspecified atom stereocenters. The molecule has 0 aliphatic carbocycles. The van der Waals surface area contributed by atoms with Crippen LogP contribution in [0.1, 0.15) is 41.6 Å². The Balaban J connectivity index is 0.00000170. The smallest absolute Gasteiger partial charge is 0.155 e. The third-order valence-corrected chi connectivity index (χ3v) is 3.59. The molecule has 0 aromatic heterocycles. The van der Waals surface area contributed by atoms with Crippen molar-refractivity contribution in [3.8, 4) is 11.1 Å².